The van der Waals surface area contributed by atoms with Crippen LogP contribution in [0.2, 0.25) is 5.02 Å². The van der Waals surface area contributed by atoms with Crippen molar-refractivity contribution in [3.8, 4) is 0 Å². The fourth-order valence-electron chi connectivity index (χ4n) is 5.55. The molecule has 2 amide bonds. The number of halogens is 2. The number of likely N-dealkylation sites (tertiary alicyclic amines) is 1. The normalized spacial score (nSPS) is 18.4. The van der Waals surface area contributed by atoms with E-state index in [2.05, 4.69) is 0 Å². The largest absolute Gasteiger partial charge is 0.449 e. The Hall–Kier alpha value is -3.13. The summed E-state index contributed by atoms with van der Waals surface area (Å²) < 4.78 is 20.3. The number of hydrogen-bond acceptors (Lipinski definition) is 5. The fourth-order valence-corrected chi connectivity index (χ4v) is 5.71. The average Bonchev–Trinajstić information content (AvgIpc) is 2.96. The second kappa shape index (κ2) is 13.2. The van der Waals surface area contributed by atoms with Crippen LogP contribution in [0.4, 0.5) is 14.9 Å². The molecule has 222 valence electrons. The third-order valence-electron chi connectivity index (χ3n) is 7.96. The summed E-state index contributed by atoms with van der Waals surface area (Å²) in [6, 6.07) is 11.8. The van der Waals surface area contributed by atoms with Gasteiger partial charge in [0.25, 0.3) is 0 Å². The lowest BCUT2D eigenvalue weighted by Gasteiger charge is -2.44. The second-order valence-corrected chi connectivity index (χ2v) is 12.5. The van der Waals surface area contributed by atoms with Gasteiger partial charge in [-0.25, -0.2) is 9.18 Å². The number of nitrogens with zero attached hydrogens (tertiary/aromatic N) is 3. The van der Waals surface area contributed by atoms with E-state index in [9.17, 15) is 14.4 Å². The van der Waals surface area contributed by atoms with E-state index in [-0.39, 0.29) is 29.7 Å². The van der Waals surface area contributed by atoms with Gasteiger partial charge in [0, 0.05) is 54.6 Å². The molecule has 2 saturated heterocycles. The highest BCUT2D eigenvalue weighted by atomic mass is 35.5. The maximum absolute atomic E-state index is 15.0. The lowest BCUT2D eigenvalue weighted by molar-refractivity contribution is -0.140. The molecule has 0 aliphatic carbocycles. The second-order valence-electron chi connectivity index (χ2n) is 12.0. The number of carbonyl (C=O) groups excluding carboxylic acids is 3. The number of benzene rings is 2. The number of amides is 2. The molecule has 2 aromatic rings. The van der Waals surface area contributed by atoms with Gasteiger partial charge >= 0.3 is 6.09 Å². The van der Waals surface area contributed by atoms with Crippen molar-refractivity contribution >= 4 is 35.1 Å². The molecule has 7 nitrogen and oxygen atoms in total. The van der Waals surface area contributed by atoms with Crippen molar-refractivity contribution in [2.45, 2.75) is 59.4 Å². The van der Waals surface area contributed by atoms with Crippen molar-refractivity contribution in [2.24, 2.45) is 11.3 Å². The number of anilines is 1. The van der Waals surface area contributed by atoms with Crippen LogP contribution in [0, 0.1) is 17.2 Å². The maximum atomic E-state index is 15.0. The molecule has 0 spiro atoms. The van der Waals surface area contributed by atoms with Gasteiger partial charge in [-0.2, -0.15) is 0 Å². The Morgan fingerprint density at radius 3 is 2.27 bits per heavy atom. The first-order chi connectivity index (χ1) is 19.5. The zero-order chi connectivity index (χ0) is 29.7. The van der Waals surface area contributed by atoms with Gasteiger partial charge in [-0.1, -0.05) is 70.0 Å². The van der Waals surface area contributed by atoms with E-state index in [4.69, 9.17) is 16.3 Å². The predicted molar refractivity (Wildman–Crippen MR) is 159 cm³/mol. The molecule has 0 bridgehead atoms. The van der Waals surface area contributed by atoms with E-state index in [1.165, 1.54) is 6.07 Å². The fraction of sp³-hybridized carbons (Fsp3) is 0.531. The highest BCUT2D eigenvalue weighted by Crippen LogP contribution is 2.35. The van der Waals surface area contributed by atoms with Gasteiger partial charge in [0.1, 0.15) is 5.82 Å². The number of unbranched alkanes of at least 4 members (excludes halogenated alkanes) is 1. The van der Waals surface area contributed by atoms with Crippen LogP contribution < -0.4 is 4.90 Å². The SMILES string of the molecule is CCCCOC(=O)N1CCC(C(=O)c2ccc(C3CN(C(=O)C(C)(C)C)CCN3c3ccc(Cl)cc3F)cc2)CC1. The van der Waals surface area contributed by atoms with Gasteiger partial charge in [0.05, 0.1) is 18.3 Å². The lowest BCUT2D eigenvalue weighted by Crippen LogP contribution is -2.53. The Kier molecular flexibility index (Phi) is 9.95. The van der Waals surface area contributed by atoms with Crippen LogP contribution in [-0.4, -0.2) is 66.9 Å². The monoisotopic (exact) mass is 585 g/mol. The van der Waals surface area contributed by atoms with E-state index < -0.39 is 11.2 Å². The number of piperazine rings is 1. The summed E-state index contributed by atoms with van der Waals surface area (Å²) in [7, 11) is 0. The standard InChI is InChI=1S/C32H41ClFN3O4/c1-5-6-19-41-31(40)35-15-13-24(14-16-35)29(38)23-9-7-22(8-10-23)28-21-36(30(39)32(2,3)4)17-18-37(28)27-12-11-25(33)20-26(27)34/h7-12,20,24,28H,5-6,13-19,21H2,1-4H3. The number of piperidine rings is 1. The van der Waals surface area contributed by atoms with Crippen molar-refractivity contribution in [3.05, 3.63) is 64.4 Å². The average molecular weight is 586 g/mol. The summed E-state index contributed by atoms with van der Waals surface area (Å²) in [6.45, 7) is 10.5. The zero-order valence-corrected chi connectivity index (χ0v) is 25.3. The highest BCUT2D eigenvalue weighted by Gasteiger charge is 2.36. The molecule has 2 aliphatic heterocycles. The summed E-state index contributed by atoms with van der Waals surface area (Å²) in [5.74, 6) is -0.462. The number of rotatable bonds is 7. The van der Waals surface area contributed by atoms with Crippen molar-refractivity contribution in [1.29, 1.82) is 0 Å². The zero-order valence-electron chi connectivity index (χ0n) is 24.5. The van der Waals surface area contributed by atoms with Gasteiger partial charge in [-0.05, 0) is 43.0 Å². The van der Waals surface area contributed by atoms with Crippen molar-refractivity contribution in [2.75, 3.05) is 44.2 Å². The molecule has 2 aliphatic rings. The Balaban J connectivity index is 1.48. The van der Waals surface area contributed by atoms with E-state index in [1.807, 2.05) is 61.8 Å². The molecule has 0 radical (unpaired) electrons. The predicted octanol–water partition coefficient (Wildman–Crippen LogP) is 6.75. The van der Waals surface area contributed by atoms with Crippen LogP contribution in [0.15, 0.2) is 42.5 Å². The van der Waals surface area contributed by atoms with Crippen LogP contribution in [0.25, 0.3) is 0 Å². The van der Waals surface area contributed by atoms with Crippen LogP contribution in [-0.2, 0) is 9.53 Å². The highest BCUT2D eigenvalue weighted by molar-refractivity contribution is 6.30. The summed E-state index contributed by atoms with van der Waals surface area (Å²) in [5.41, 5.74) is 1.41. The Labute approximate surface area is 247 Å². The topological polar surface area (TPSA) is 70.2 Å². The molecule has 1 atom stereocenters. The minimum atomic E-state index is -0.531. The third kappa shape index (κ3) is 7.39. The number of hydrogen-bond donors (Lipinski definition) is 0. The molecule has 1 unspecified atom stereocenters. The Morgan fingerprint density at radius 1 is 0.976 bits per heavy atom. The van der Waals surface area contributed by atoms with Gasteiger partial charge in [-0.3, -0.25) is 9.59 Å². The Bertz CT molecular complexity index is 1240. The molecule has 2 fully saturated rings. The van der Waals surface area contributed by atoms with Crippen LogP contribution in [0.1, 0.15) is 75.3 Å². The van der Waals surface area contributed by atoms with Crippen molar-refractivity contribution in [1.82, 2.24) is 9.80 Å². The first-order valence-electron chi connectivity index (χ1n) is 14.6. The first kappa shape index (κ1) is 30.8. The summed E-state index contributed by atoms with van der Waals surface area (Å²) in [5, 5.41) is 0.325. The number of carbonyl (C=O) groups is 3. The molecule has 2 aromatic carbocycles. The molecule has 2 heterocycles. The summed E-state index contributed by atoms with van der Waals surface area (Å²) in [4.78, 5) is 44.2. The van der Waals surface area contributed by atoms with Gasteiger partial charge in [0.15, 0.2) is 5.78 Å². The van der Waals surface area contributed by atoms with Crippen molar-refractivity contribution in [3.63, 3.8) is 0 Å². The van der Waals surface area contributed by atoms with E-state index in [0.717, 1.165) is 18.4 Å². The lowest BCUT2D eigenvalue weighted by atomic mass is 9.88. The first-order valence-corrected chi connectivity index (χ1v) is 14.9. The molecule has 0 aromatic heterocycles. The molecule has 9 heteroatoms. The third-order valence-corrected chi connectivity index (χ3v) is 8.19. The summed E-state index contributed by atoms with van der Waals surface area (Å²) in [6.07, 6.45) is 2.70. The summed E-state index contributed by atoms with van der Waals surface area (Å²) >= 11 is 6.02. The van der Waals surface area contributed by atoms with E-state index in [1.54, 1.807) is 17.0 Å². The molecular formula is C32H41ClFN3O4. The van der Waals surface area contributed by atoms with Crippen LogP contribution >= 0.6 is 11.6 Å². The maximum Gasteiger partial charge on any atom is 0.409 e. The van der Waals surface area contributed by atoms with Crippen molar-refractivity contribution < 1.29 is 23.5 Å². The smallest absolute Gasteiger partial charge is 0.409 e. The van der Waals surface area contributed by atoms with Crippen LogP contribution in [0.5, 0.6) is 0 Å². The number of ketones is 1. The molecule has 41 heavy (non-hydrogen) atoms. The Morgan fingerprint density at radius 2 is 1.66 bits per heavy atom. The van der Waals surface area contributed by atoms with Gasteiger partial charge in [0.2, 0.25) is 5.91 Å². The number of Topliss-reactive ketones (excluding diaryl/α,β-unsaturated/α-hetero) is 1. The molecule has 4 rings (SSSR count). The van der Waals surface area contributed by atoms with Gasteiger partial charge < -0.3 is 19.4 Å². The molecular weight excluding hydrogens is 545 g/mol. The van der Waals surface area contributed by atoms with Crippen LogP contribution in [0.3, 0.4) is 0 Å². The quantitative estimate of drug-likeness (QED) is 0.266. The number of ether oxygens (including phenoxy) is 1. The van der Waals surface area contributed by atoms with E-state index in [0.29, 0.717) is 68.4 Å². The minimum Gasteiger partial charge on any atom is -0.449 e. The minimum absolute atomic E-state index is 0.0473. The molecule has 0 saturated carbocycles. The molecule has 0 N–H and O–H groups in total. The van der Waals surface area contributed by atoms with Gasteiger partial charge in [-0.15, -0.1) is 0 Å². The van der Waals surface area contributed by atoms with E-state index >= 15 is 4.39 Å².